The van der Waals surface area contributed by atoms with Gasteiger partial charge in [-0.1, -0.05) is 24.9 Å². The molecule has 2 rings (SSSR count). The summed E-state index contributed by atoms with van der Waals surface area (Å²) in [6.07, 6.45) is 4.04. The molecule has 112 valence electrons. The summed E-state index contributed by atoms with van der Waals surface area (Å²) in [6, 6.07) is 0. The van der Waals surface area contributed by atoms with E-state index in [9.17, 15) is 9.90 Å². The number of aromatic nitrogens is 2. The van der Waals surface area contributed by atoms with Crippen LogP contribution in [0, 0.1) is 18.3 Å². The number of rotatable bonds is 5. The van der Waals surface area contributed by atoms with Gasteiger partial charge in [0, 0.05) is 13.0 Å². The van der Waals surface area contributed by atoms with Gasteiger partial charge in [-0.25, -0.2) is 0 Å². The largest absolute Gasteiger partial charge is 0.481 e. The molecular weight excluding hydrogens is 276 g/mol. The fourth-order valence-corrected chi connectivity index (χ4v) is 3.58. The van der Waals surface area contributed by atoms with E-state index in [1.165, 1.54) is 0 Å². The first-order chi connectivity index (χ1) is 9.43. The average Bonchev–Trinajstić information content (AvgIpc) is 2.96. The molecule has 0 aliphatic heterocycles. The van der Waals surface area contributed by atoms with Gasteiger partial charge < -0.3 is 5.11 Å². The maximum Gasteiger partial charge on any atom is 0.310 e. The Morgan fingerprint density at radius 3 is 2.75 bits per heavy atom. The lowest BCUT2D eigenvalue weighted by molar-refractivity contribution is -0.148. The van der Waals surface area contributed by atoms with Gasteiger partial charge in [-0.15, -0.1) is 0 Å². The summed E-state index contributed by atoms with van der Waals surface area (Å²) >= 11 is 6.33. The molecule has 4 nitrogen and oxygen atoms in total. The van der Waals surface area contributed by atoms with Crippen molar-refractivity contribution in [2.45, 2.75) is 59.4 Å². The van der Waals surface area contributed by atoms with Gasteiger partial charge in [0.1, 0.15) is 0 Å². The molecule has 0 saturated heterocycles. The van der Waals surface area contributed by atoms with Gasteiger partial charge in [0.15, 0.2) is 0 Å². The van der Waals surface area contributed by atoms with Crippen LogP contribution in [0.4, 0.5) is 0 Å². The Bertz CT molecular complexity index is 512. The molecule has 2 unspecified atom stereocenters. The van der Waals surface area contributed by atoms with Crippen LogP contribution in [0.3, 0.4) is 0 Å². The second-order valence-corrected chi connectivity index (χ2v) is 6.32. The third-order valence-corrected chi connectivity index (χ3v) is 5.19. The van der Waals surface area contributed by atoms with Crippen LogP contribution < -0.4 is 0 Å². The third kappa shape index (κ3) is 2.58. The predicted molar refractivity (Wildman–Crippen MR) is 79.1 cm³/mol. The predicted octanol–water partition coefficient (Wildman–Crippen LogP) is 3.69. The smallest absolute Gasteiger partial charge is 0.310 e. The van der Waals surface area contributed by atoms with E-state index in [4.69, 9.17) is 11.6 Å². The number of hydrogen-bond donors (Lipinski definition) is 1. The van der Waals surface area contributed by atoms with Gasteiger partial charge in [-0.05, 0) is 39.0 Å². The first-order valence-corrected chi connectivity index (χ1v) is 7.76. The fraction of sp³-hybridized carbons (Fsp3) is 0.733. The zero-order chi connectivity index (χ0) is 14.9. The lowest BCUT2D eigenvalue weighted by Gasteiger charge is -2.25. The van der Waals surface area contributed by atoms with Crippen molar-refractivity contribution < 1.29 is 9.90 Å². The molecule has 1 fully saturated rings. The summed E-state index contributed by atoms with van der Waals surface area (Å²) in [6.45, 7) is 6.73. The lowest BCUT2D eigenvalue weighted by atomic mass is 9.80. The van der Waals surface area contributed by atoms with E-state index in [1.54, 1.807) is 0 Å². The second kappa shape index (κ2) is 5.76. The van der Waals surface area contributed by atoms with Crippen LogP contribution in [-0.4, -0.2) is 20.9 Å². The molecule has 0 amide bonds. The minimum absolute atomic E-state index is 0.492. The Morgan fingerprint density at radius 1 is 1.55 bits per heavy atom. The van der Waals surface area contributed by atoms with Crippen LogP contribution in [0.15, 0.2) is 0 Å². The third-order valence-electron chi connectivity index (χ3n) is 4.70. The fourth-order valence-electron chi connectivity index (χ4n) is 3.37. The summed E-state index contributed by atoms with van der Waals surface area (Å²) in [4.78, 5) is 11.8. The van der Waals surface area contributed by atoms with Crippen molar-refractivity contribution in [1.82, 2.24) is 9.78 Å². The van der Waals surface area contributed by atoms with Crippen LogP contribution in [0.5, 0.6) is 0 Å². The minimum Gasteiger partial charge on any atom is -0.481 e. The quantitative estimate of drug-likeness (QED) is 0.902. The van der Waals surface area contributed by atoms with E-state index in [-0.39, 0.29) is 0 Å². The minimum atomic E-state index is -0.689. The van der Waals surface area contributed by atoms with Gasteiger partial charge in [-0.2, -0.15) is 5.10 Å². The van der Waals surface area contributed by atoms with Gasteiger partial charge in [0.05, 0.1) is 21.8 Å². The molecule has 20 heavy (non-hydrogen) atoms. The summed E-state index contributed by atoms with van der Waals surface area (Å²) in [7, 11) is 0. The molecule has 1 saturated carbocycles. The molecular formula is C15H23ClN2O2. The highest BCUT2D eigenvalue weighted by Gasteiger charge is 2.46. The van der Waals surface area contributed by atoms with Gasteiger partial charge in [0.2, 0.25) is 0 Å². The van der Waals surface area contributed by atoms with Crippen LogP contribution in [0.2, 0.25) is 5.02 Å². The Kier molecular flexibility index (Phi) is 4.43. The normalized spacial score (nSPS) is 26.1. The van der Waals surface area contributed by atoms with E-state index in [0.717, 1.165) is 43.6 Å². The maximum atomic E-state index is 11.8. The number of carboxylic acid groups (broad SMARTS) is 1. The molecule has 1 aliphatic rings. The summed E-state index contributed by atoms with van der Waals surface area (Å²) in [5, 5.41) is 14.8. The Hall–Kier alpha value is -1.03. The van der Waals surface area contributed by atoms with E-state index in [2.05, 4.69) is 12.0 Å². The van der Waals surface area contributed by atoms with Crippen molar-refractivity contribution in [2.24, 2.45) is 11.3 Å². The Morgan fingerprint density at radius 2 is 2.25 bits per heavy atom. The van der Waals surface area contributed by atoms with Gasteiger partial charge in [0.25, 0.3) is 0 Å². The molecule has 1 aromatic heterocycles. The van der Waals surface area contributed by atoms with Crippen molar-refractivity contribution in [3.8, 4) is 0 Å². The first kappa shape index (κ1) is 15.4. The summed E-state index contributed by atoms with van der Waals surface area (Å²) in [5.74, 6) is -0.171. The highest BCUT2D eigenvalue weighted by molar-refractivity contribution is 6.31. The number of halogens is 1. The zero-order valence-electron chi connectivity index (χ0n) is 12.4. The molecule has 1 heterocycles. The van der Waals surface area contributed by atoms with Crippen molar-refractivity contribution in [2.75, 3.05) is 0 Å². The molecule has 0 spiro atoms. The van der Waals surface area contributed by atoms with Crippen molar-refractivity contribution in [3.63, 3.8) is 0 Å². The standard InChI is InChI=1S/C15H23ClN2O2/c1-4-11-6-7-15(8-11,14(19)20)9-12-13(16)10(3)17-18(12)5-2/h11H,4-9H2,1-3H3,(H,19,20). The zero-order valence-corrected chi connectivity index (χ0v) is 13.2. The Labute approximate surface area is 125 Å². The van der Waals surface area contributed by atoms with Crippen LogP contribution >= 0.6 is 11.6 Å². The molecule has 5 heteroatoms. The molecule has 0 aromatic carbocycles. The molecule has 1 N–H and O–H groups in total. The van der Waals surface area contributed by atoms with Crippen LogP contribution in [0.25, 0.3) is 0 Å². The number of carboxylic acids is 1. The maximum absolute atomic E-state index is 11.8. The number of aliphatic carboxylic acids is 1. The van der Waals surface area contributed by atoms with Gasteiger partial charge in [-0.3, -0.25) is 9.48 Å². The highest BCUT2D eigenvalue weighted by atomic mass is 35.5. The number of aryl methyl sites for hydroxylation is 2. The summed E-state index contributed by atoms with van der Waals surface area (Å²) < 4.78 is 1.85. The number of hydrogen-bond acceptors (Lipinski definition) is 2. The Balaban J connectivity index is 2.33. The van der Waals surface area contributed by atoms with E-state index < -0.39 is 11.4 Å². The highest BCUT2D eigenvalue weighted by Crippen LogP contribution is 2.46. The SMILES string of the molecule is CCC1CCC(Cc2c(Cl)c(C)nn2CC)(C(=O)O)C1. The lowest BCUT2D eigenvalue weighted by Crippen LogP contribution is -2.32. The van der Waals surface area contributed by atoms with Crippen LogP contribution in [-0.2, 0) is 17.8 Å². The molecule has 2 atom stereocenters. The number of nitrogens with zero attached hydrogens (tertiary/aromatic N) is 2. The molecule has 0 bridgehead atoms. The average molecular weight is 299 g/mol. The van der Waals surface area contributed by atoms with E-state index in [0.29, 0.717) is 17.4 Å². The summed E-state index contributed by atoms with van der Waals surface area (Å²) in [5.41, 5.74) is 1.00. The van der Waals surface area contributed by atoms with Crippen molar-refractivity contribution in [1.29, 1.82) is 0 Å². The molecule has 0 radical (unpaired) electrons. The molecule has 1 aromatic rings. The number of carbonyl (C=O) groups is 1. The topological polar surface area (TPSA) is 55.1 Å². The van der Waals surface area contributed by atoms with E-state index >= 15 is 0 Å². The van der Waals surface area contributed by atoms with E-state index in [1.807, 2.05) is 18.5 Å². The van der Waals surface area contributed by atoms with Crippen molar-refractivity contribution in [3.05, 3.63) is 16.4 Å². The molecule has 1 aliphatic carbocycles. The second-order valence-electron chi connectivity index (χ2n) is 5.94. The van der Waals surface area contributed by atoms with Crippen molar-refractivity contribution >= 4 is 17.6 Å². The van der Waals surface area contributed by atoms with Gasteiger partial charge >= 0.3 is 5.97 Å². The monoisotopic (exact) mass is 298 g/mol. The van der Waals surface area contributed by atoms with Crippen LogP contribution in [0.1, 0.15) is 50.9 Å². The first-order valence-electron chi connectivity index (χ1n) is 7.38.